The van der Waals surface area contributed by atoms with Gasteiger partial charge in [0, 0.05) is 46.4 Å². The van der Waals surface area contributed by atoms with E-state index in [0.29, 0.717) is 27.5 Å². The van der Waals surface area contributed by atoms with Crippen molar-refractivity contribution in [2.24, 2.45) is 0 Å². The summed E-state index contributed by atoms with van der Waals surface area (Å²) < 4.78 is 21.6. The first-order valence-electron chi connectivity index (χ1n) is 12.4. The number of aryl methyl sites for hydroxylation is 3. The largest absolute Gasteiger partial charge is 0.280 e. The van der Waals surface area contributed by atoms with Crippen molar-refractivity contribution in [2.75, 3.05) is 0 Å². The maximum Gasteiger partial charge on any atom is 0.274 e. The molecule has 4 heterocycles. The lowest BCUT2D eigenvalue weighted by atomic mass is 10.0. The summed E-state index contributed by atoms with van der Waals surface area (Å²) in [6, 6.07) is 10.9. The Morgan fingerprint density at radius 3 is 2.54 bits per heavy atom. The average Bonchev–Trinajstić information content (AvgIpc) is 3.60. The average molecular weight is 578 g/mol. The maximum atomic E-state index is 15.7. The first-order chi connectivity index (χ1) is 18.7. The van der Waals surface area contributed by atoms with Crippen LogP contribution in [0.15, 0.2) is 65.2 Å². The molecule has 5 aromatic rings. The molecule has 1 unspecified atom stereocenters. The minimum atomic E-state index is -0.379. The molecule has 4 aromatic heterocycles. The Kier molecular flexibility index (Phi) is 6.61. The van der Waals surface area contributed by atoms with Gasteiger partial charge in [0.25, 0.3) is 5.56 Å². The number of aromatic nitrogens is 4. The lowest BCUT2D eigenvalue weighted by Gasteiger charge is -2.17. The number of benzene rings is 1. The fraction of sp³-hybridized carbons (Fsp3) is 0.200. The van der Waals surface area contributed by atoms with Crippen LogP contribution in [0.2, 0.25) is 10.0 Å². The van der Waals surface area contributed by atoms with E-state index in [2.05, 4.69) is 14.3 Å². The zero-order valence-electron chi connectivity index (χ0n) is 21.4. The molecule has 0 spiro atoms. The molecule has 0 aliphatic heterocycles. The summed E-state index contributed by atoms with van der Waals surface area (Å²) in [7, 11) is 0. The van der Waals surface area contributed by atoms with Crippen molar-refractivity contribution >= 4 is 34.7 Å². The topological polar surface area (TPSA) is 60.7 Å². The molecule has 1 aliphatic rings. The van der Waals surface area contributed by atoms with Gasteiger partial charge in [0.05, 0.1) is 22.1 Å². The van der Waals surface area contributed by atoms with Gasteiger partial charge in [0.15, 0.2) is 0 Å². The molecule has 6 rings (SSSR count). The van der Waals surface area contributed by atoms with Gasteiger partial charge in [-0.15, -0.1) is 0 Å². The second kappa shape index (κ2) is 9.97. The van der Waals surface area contributed by atoms with Gasteiger partial charge < -0.3 is 0 Å². The minimum absolute atomic E-state index is 0.125. The zero-order valence-corrected chi connectivity index (χ0v) is 23.7. The molecular weight excluding hydrogens is 554 g/mol. The third-order valence-corrected chi connectivity index (χ3v) is 8.64. The highest BCUT2D eigenvalue weighted by atomic mass is 35.5. The summed E-state index contributed by atoms with van der Waals surface area (Å²) in [6.45, 7) is 5.61. The monoisotopic (exact) mass is 576 g/mol. The first kappa shape index (κ1) is 25.9. The normalized spacial score (nSPS) is 16.5. The van der Waals surface area contributed by atoms with E-state index in [1.165, 1.54) is 11.5 Å². The summed E-state index contributed by atoms with van der Waals surface area (Å²) in [6.07, 6.45) is 5.95. The number of rotatable bonds is 5. The van der Waals surface area contributed by atoms with Crippen LogP contribution in [0.25, 0.3) is 28.1 Å². The molecule has 0 N–H and O–H groups in total. The van der Waals surface area contributed by atoms with Crippen molar-refractivity contribution < 1.29 is 4.39 Å². The van der Waals surface area contributed by atoms with Gasteiger partial charge in [-0.25, -0.2) is 4.39 Å². The standard InChI is InChI=1S/C30H23Cl2FN4OS/c1-15-11-35-26(21-6-4-5-20(29(21)33)25-14-39-36-17(25)3)10-27(15)37-16(2)7-24(28(32)30(37)38)23-9-22(23)18-8-19(31)13-34-12-18/h4-8,10-14,22-23H,9H2,1-3H3/t22?,23-/m1/s1. The predicted molar refractivity (Wildman–Crippen MR) is 155 cm³/mol. The number of nitrogens with zero attached hydrogens (tertiary/aromatic N) is 4. The Labute approximate surface area is 239 Å². The van der Waals surface area contributed by atoms with Crippen LogP contribution in [-0.2, 0) is 0 Å². The van der Waals surface area contributed by atoms with Crippen LogP contribution in [0.5, 0.6) is 0 Å². The molecule has 196 valence electrons. The maximum absolute atomic E-state index is 15.7. The van der Waals surface area contributed by atoms with Gasteiger partial charge in [-0.2, -0.15) is 4.37 Å². The van der Waals surface area contributed by atoms with E-state index < -0.39 is 0 Å². The van der Waals surface area contributed by atoms with E-state index >= 15 is 4.39 Å². The molecule has 0 bridgehead atoms. The van der Waals surface area contributed by atoms with E-state index in [1.54, 1.807) is 41.2 Å². The molecule has 5 nitrogen and oxygen atoms in total. The number of halogens is 3. The van der Waals surface area contributed by atoms with Gasteiger partial charge in [-0.05, 0) is 91.5 Å². The molecular formula is C30H23Cl2FN4OS. The quantitative estimate of drug-likeness (QED) is 0.212. The lowest BCUT2D eigenvalue weighted by Crippen LogP contribution is -2.23. The predicted octanol–water partition coefficient (Wildman–Crippen LogP) is 8.06. The molecule has 2 atom stereocenters. The fourth-order valence-electron chi connectivity index (χ4n) is 5.23. The van der Waals surface area contributed by atoms with Crippen LogP contribution in [-0.4, -0.2) is 18.9 Å². The molecule has 9 heteroatoms. The van der Waals surface area contributed by atoms with Crippen LogP contribution in [0.4, 0.5) is 4.39 Å². The highest BCUT2D eigenvalue weighted by Gasteiger charge is 2.42. The summed E-state index contributed by atoms with van der Waals surface area (Å²) in [5, 5.41) is 2.61. The van der Waals surface area contributed by atoms with Crippen molar-refractivity contribution in [3.05, 3.63) is 115 Å². The third kappa shape index (κ3) is 4.58. The third-order valence-electron chi connectivity index (χ3n) is 7.34. The Morgan fingerprint density at radius 1 is 1.00 bits per heavy atom. The highest BCUT2D eigenvalue weighted by Crippen LogP contribution is 2.56. The van der Waals surface area contributed by atoms with Crippen LogP contribution >= 0.6 is 34.7 Å². The van der Waals surface area contributed by atoms with Gasteiger partial charge in [-0.3, -0.25) is 19.3 Å². The van der Waals surface area contributed by atoms with E-state index in [1.807, 2.05) is 44.5 Å². The lowest BCUT2D eigenvalue weighted by molar-refractivity contribution is 0.634. The molecule has 0 saturated heterocycles. The Morgan fingerprint density at radius 2 is 1.79 bits per heavy atom. The molecule has 0 radical (unpaired) electrons. The van der Waals surface area contributed by atoms with Gasteiger partial charge >= 0.3 is 0 Å². The number of pyridine rings is 3. The molecule has 0 amide bonds. The van der Waals surface area contributed by atoms with Crippen molar-refractivity contribution in [1.29, 1.82) is 0 Å². The molecule has 1 saturated carbocycles. The van der Waals surface area contributed by atoms with Crippen molar-refractivity contribution in [3.8, 4) is 28.1 Å². The van der Waals surface area contributed by atoms with Crippen LogP contribution in [0.1, 0.15) is 46.3 Å². The van der Waals surface area contributed by atoms with Crippen LogP contribution in [0.3, 0.4) is 0 Å². The van der Waals surface area contributed by atoms with Crippen molar-refractivity contribution in [2.45, 2.75) is 39.0 Å². The number of hydrogen-bond donors (Lipinski definition) is 0. The SMILES string of the molecule is Cc1cnc(-c2cccc(-c3csnc3C)c2F)cc1-n1c(C)cc([C@@H]2CC2c2cncc(Cl)c2)c(Cl)c1=O. The first-order valence-corrected chi connectivity index (χ1v) is 14.0. The van der Waals surface area contributed by atoms with E-state index in [4.69, 9.17) is 23.2 Å². The highest BCUT2D eigenvalue weighted by molar-refractivity contribution is 7.04. The Hall–Kier alpha value is -3.39. The van der Waals surface area contributed by atoms with Gasteiger partial charge in [0.1, 0.15) is 10.8 Å². The van der Waals surface area contributed by atoms with E-state index in [-0.39, 0.29) is 28.2 Å². The minimum Gasteiger partial charge on any atom is -0.280 e. The molecule has 1 aliphatic carbocycles. The van der Waals surface area contributed by atoms with Crippen molar-refractivity contribution in [1.82, 2.24) is 18.9 Å². The van der Waals surface area contributed by atoms with Crippen LogP contribution < -0.4 is 5.56 Å². The summed E-state index contributed by atoms with van der Waals surface area (Å²) in [4.78, 5) is 22.4. The van der Waals surface area contributed by atoms with Crippen molar-refractivity contribution in [3.63, 3.8) is 0 Å². The van der Waals surface area contributed by atoms with Gasteiger partial charge in [-0.1, -0.05) is 35.3 Å². The van der Waals surface area contributed by atoms with Crippen LogP contribution in [0, 0.1) is 26.6 Å². The fourth-order valence-corrected chi connectivity index (χ4v) is 6.41. The summed E-state index contributed by atoms with van der Waals surface area (Å²) in [5.74, 6) is -0.0365. The van der Waals surface area contributed by atoms with E-state index in [0.717, 1.165) is 40.1 Å². The molecule has 1 aromatic carbocycles. The second-order valence-corrected chi connectivity index (χ2v) is 11.4. The Balaban J connectivity index is 1.40. The van der Waals surface area contributed by atoms with Gasteiger partial charge in [0.2, 0.25) is 0 Å². The molecule has 39 heavy (non-hydrogen) atoms. The molecule has 1 fully saturated rings. The summed E-state index contributed by atoms with van der Waals surface area (Å²) >= 11 is 14.1. The summed E-state index contributed by atoms with van der Waals surface area (Å²) in [5.41, 5.74) is 6.46. The smallest absolute Gasteiger partial charge is 0.274 e. The zero-order chi connectivity index (χ0) is 27.4. The van der Waals surface area contributed by atoms with E-state index in [9.17, 15) is 4.79 Å². The Bertz CT molecular complexity index is 1820. The second-order valence-electron chi connectivity index (χ2n) is 9.92. The number of hydrogen-bond acceptors (Lipinski definition) is 5.